The van der Waals surface area contributed by atoms with Crippen LogP contribution >= 0.6 is 0 Å². The average molecular weight is 463 g/mol. The van der Waals surface area contributed by atoms with Gasteiger partial charge >= 0.3 is 0 Å². The van der Waals surface area contributed by atoms with Crippen LogP contribution in [0.15, 0.2) is 41.3 Å². The topological polar surface area (TPSA) is 84.3 Å². The molecule has 7 nitrogen and oxygen atoms in total. The third-order valence-electron chi connectivity index (χ3n) is 5.68. The molecule has 32 heavy (non-hydrogen) atoms. The van der Waals surface area contributed by atoms with Crippen molar-refractivity contribution in [3.05, 3.63) is 53.9 Å². The van der Waals surface area contributed by atoms with Crippen LogP contribution in [0.25, 0.3) is 11.0 Å². The van der Waals surface area contributed by atoms with Gasteiger partial charge in [-0.1, -0.05) is 6.42 Å². The molecular weight excluding hydrogens is 438 g/mol. The van der Waals surface area contributed by atoms with Gasteiger partial charge in [0.25, 0.3) is 0 Å². The van der Waals surface area contributed by atoms with Crippen molar-refractivity contribution < 1.29 is 22.0 Å². The minimum atomic E-state index is -3.57. The smallest absolute Gasteiger partial charge is 0.243 e. The zero-order valence-electron chi connectivity index (χ0n) is 17.6. The zero-order chi connectivity index (χ0) is 22.9. The van der Waals surface area contributed by atoms with Crippen LogP contribution in [-0.2, 0) is 28.3 Å². The first-order valence-electron chi connectivity index (χ1n) is 10.5. The number of carbonyl (C=O) groups is 1. The Labute approximate surface area is 185 Å². The number of hydrogen-bond donors (Lipinski definition) is 1. The van der Waals surface area contributed by atoms with Crippen LogP contribution < -0.4 is 5.32 Å². The van der Waals surface area contributed by atoms with E-state index in [9.17, 15) is 22.0 Å². The number of sulfonamides is 1. The minimum Gasteiger partial charge on any atom is -0.331 e. The fraction of sp³-hybridized carbons (Fsp3) is 0.364. The third-order valence-corrected chi connectivity index (χ3v) is 7.57. The van der Waals surface area contributed by atoms with Crippen molar-refractivity contribution in [3.8, 4) is 0 Å². The summed E-state index contributed by atoms with van der Waals surface area (Å²) in [7, 11) is -1.77. The number of benzene rings is 2. The van der Waals surface area contributed by atoms with Gasteiger partial charge in [0.1, 0.15) is 17.5 Å². The average Bonchev–Trinajstić information content (AvgIpc) is 3.10. The van der Waals surface area contributed by atoms with Crippen molar-refractivity contribution in [1.29, 1.82) is 0 Å². The van der Waals surface area contributed by atoms with Crippen molar-refractivity contribution in [2.45, 2.75) is 37.0 Å². The van der Waals surface area contributed by atoms with Crippen LogP contribution in [0.1, 0.15) is 31.5 Å². The number of nitrogens with one attached hydrogen (secondary N) is 1. The number of halogens is 2. The predicted molar refractivity (Wildman–Crippen MR) is 117 cm³/mol. The van der Waals surface area contributed by atoms with Gasteiger partial charge in [-0.3, -0.25) is 4.79 Å². The second-order valence-corrected chi connectivity index (χ2v) is 9.81. The summed E-state index contributed by atoms with van der Waals surface area (Å²) in [4.78, 5) is 16.9. The number of aromatic nitrogens is 2. The van der Waals surface area contributed by atoms with Gasteiger partial charge in [-0.05, 0) is 43.2 Å². The summed E-state index contributed by atoms with van der Waals surface area (Å²) in [6.45, 7) is 1.05. The van der Waals surface area contributed by atoms with Gasteiger partial charge in [0, 0.05) is 39.0 Å². The summed E-state index contributed by atoms with van der Waals surface area (Å²) in [5.74, 6) is -1.40. The number of imidazole rings is 1. The Balaban J connectivity index is 1.49. The fourth-order valence-electron chi connectivity index (χ4n) is 3.90. The molecular formula is C22H24F2N4O3S. The van der Waals surface area contributed by atoms with E-state index in [0.29, 0.717) is 30.5 Å². The number of piperidine rings is 1. The SMILES string of the molecule is Cn1c(CCC(=O)Nc2ccc(F)cc2F)nc2cc(S(=O)(=O)N3CCCCC3)ccc21. The first-order chi connectivity index (χ1) is 15.3. The van der Waals surface area contributed by atoms with Crippen LogP contribution in [0.5, 0.6) is 0 Å². The van der Waals surface area contributed by atoms with Crippen LogP contribution in [0.3, 0.4) is 0 Å². The highest BCUT2D eigenvalue weighted by atomic mass is 32.2. The molecule has 0 unspecified atom stereocenters. The summed E-state index contributed by atoms with van der Waals surface area (Å²) < 4.78 is 55.9. The van der Waals surface area contributed by atoms with E-state index in [2.05, 4.69) is 10.3 Å². The number of anilines is 1. The van der Waals surface area contributed by atoms with Gasteiger partial charge in [-0.15, -0.1) is 0 Å². The molecule has 0 saturated carbocycles. The van der Waals surface area contributed by atoms with E-state index >= 15 is 0 Å². The number of fused-ring (bicyclic) bond motifs is 1. The van der Waals surface area contributed by atoms with E-state index in [1.807, 2.05) is 0 Å². The molecule has 2 aromatic carbocycles. The van der Waals surface area contributed by atoms with E-state index in [1.165, 1.54) is 10.4 Å². The van der Waals surface area contributed by atoms with Crippen molar-refractivity contribution in [2.75, 3.05) is 18.4 Å². The Kier molecular flexibility index (Phi) is 6.25. The summed E-state index contributed by atoms with van der Waals surface area (Å²) in [6.07, 6.45) is 3.06. The molecule has 0 aliphatic carbocycles. The molecule has 2 heterocycles. The van der Waals surface area contributed by atoms with Gasteiger partial charge < -0.3 is 9.88 Å². The first kappa shape index (κ1) is 22.3. The standard InChI is InChI=1S/C22H24F2N4O3S/c1-27-20-8-6-16(32(30,31)28-11-3-2-4-12-28)14-19(20)25-21(27)9-10-22(29)26-18-7-5-15(23)13-17(18)24/h5-8,13-14H,2-4,9-12H2,1H3,(H,26,29). The highest BCUT2D eigenvalue weighted by molar-refractivity contribution is 7.89. The molecule has 0 bridgehead atoms. The maximum atomic E-state index is 13.7. The molecule has 0 atom stereocenters. The Morgan fingerprint density at radius 1 is 1.09 bits per heavy atom. The Bertz CT molecular complexity index is 1270. The minimum absolute atomic E-state index is 0.0346. The molecule has 3 aromatic rings. The highest BCUT2D eigenvalue weighted by Crippen LogP contribution is 2.25. The monoisotopic (exact) mass is 462 g/mol. The number of aryl methyl sites for hydroxylation is 2. The molecule has 4 rings (SSSR count). The number of nitrogens with zero attached hydrogens (tertiary/aromatic N) is 3. The molecule has 1 fully saturated rings. The molecule has 1 amide bonds. The molecule has 1 N–H and O–H groups in total. The predicted octanol–water partition coefficient (Wildman–Crippen LogP) is 3.60. The first-order valence-corrected chi connectivity index (χ1v) is 11.9. The normalized spacial score (nSPS) is 15.2. The van der Waals surface area contributed by atoms with Gasteiger partial charge in [-0.25, -0.2) is 22.2 Å². The van der Waals surface area contributed by atoms with Crippen molar-refractivity contribution in [3.63, 3.8) is 0 Å². The Morgan fingerprint density at radius 2 is 1.84 bits per heavy atom. The fourth-order valence-corrected chi connectivity index (χ4v) is 5.43. The van der Waals surface area contributed by atoms with Crippen molar-refractivity contribution >= 4 is 32.7 Å². The third kappa shape index (κ3) is 4.51. The lowest BCUT2D eigenvalue weighted by molar-refractivity contribution is -0.116. The maximum Gasteiger partial charge on any atom is 0.243 e. The van der Waals surface area contributed by atoms with Crippen LogP contribution in [0.4, 0.5) is 14.5 Å². The lowest BCUT2D eigenvalue weighted by Crippen LogP contribution is -2.35. The second-order valence-electron chi connectivity index (χ2n) is 7.87. The van der Waals surface area contributed by atoms with E-state index < -0.39 is 27.6 Å². The van der Waals surface area contributed by atoms with Gasteiger partial charge in [0.15, 0.2) is 0 Å². The van der Waals surface area contributed by atoms with Crippen LogP contribution in [0, 0.1) is 11.6 Å². The second kappa shape index (κ2) is 8.95. The molecule has 0 spiro atoms. The van der Waals surface area contributed by atoms with E-state index in [4.69, 9.17) is 0 Å². The molecule has 10 heteroatoms. The maximum absolute atomic E-state index is 13.7. The molecule has 1 aliphatic rings. The largest absolute Gasteiger partial charge is 0.331 e. The number of amides is 1. The Morgan fingerprint density at radius 3 is 2.56 bits per heavy atom. The lowest BCUT2D eigenvalue weighted by atomic mass is 10.2. The van der Waals surface area contributed by atoms with E-state index in [0.717, 1.165) is 30.8 Å². The van der Waals surface area contributed by atoms with Gasteiger partial charge in [0.2, 0.25) is 15.9 Å². The summed E-state index contributed by atoms with van der Waals surface area (Å²) in [6, 6.07) is 7.81. The van der Waals surface area contributed by atoms with Gasteiger partial charge in [0.05, 0.1) is 21.6 Å². The lowest BCUT2D eigenvalue weighted by Gasteiger charge is -2.25. The quantitative estimate of drug-likeness (QED) is 0.607. The van der Waals surface area contributed by atoms with E-state index in [-0.39, 0.29) is 23.4 Å². The summed E-state index contributed by atoms with van der Waals surface area (Å²) in [5, 5.41) is 2.42. The van der Waals surface area contributed by atoms with Gasteiger partial charge in [-0.2, -0.15) is 4.31 Å². The molecule has 1 aliphatic heterocycles. The number of rotatable bonds is 6. The number of hydrogen-bond acceptors (Lipinski definition) is 4. The molecule has 1 saturated heterocycles. The number of carbonyl (C=O) groups excluding carboxylic acids is 1. The van der Waals surface area contributed by atoms with Crippen LogP contribution in [-0.4, -0.2) is 41.3 Å². The summed E-state index contributed by atoms with van der Waals surface area (Å²) >= 11 is 0. The molecule has 0 radical (unpaired) electrons. The van der Waals surface area contributed by atoms with E-state index in [1.54, 1.807) is 29.8 Å². The molecule has 170 valence electrons. The Hall–Kier alpha value is -2.85. The molecule has 1 aromatic heterocycles. The zero-order valence-corrected chi connectivity index (χ0v) is 18.5. The van der Waals surface area contributed by atoms with Crippen LogP contribution in [0.2, 0.25) is 0 Å². The highest BCUT2D eigenvalue weighted by Gasteiger charge is 2.26. The van der Waals surface area contributed by atoms with Crippen molar-refractivity contribution in [1.82, 2.24) is 13.9 Å². The summed E-state index contributed by atoms with van der Waals surface area (Å²) in [5.41, 5.74) is 1.20. The van der Waals surface area contributed by atoms with Crippen molar-refractivity contribution in [2.24, 2.45) is 7.05 Å².